The number of benzene rings is 2. The van der Waals surface area contributed by atoms with Gasteiger partial charge in [0.05, 0.1) is 0 Å². The van der Waals surface area contributed by atoms with Crippen LogP contribution in [-0.4, -0.2) is 17.6 Å². The summed E-state index contributed by atoms with van der Waals surface area (Å²) in [5.74, 6) is 0.781. The summed E-state index contributed by atoms with van der Waals surface area (Å²) >= 11 is 1.79. The zero-order chi connectivity index (χ0) is 16.7. The maximum absolute atomic E-state index is 12.1. The number of nitrogens with one attached hydrogen (secondary N) is 2. The zero-order valence-electron chi connectivity index (χ0n) is 13.3. The van der Waals surface area contributed by atoms with Crippen LogP contribution in [0.25, 0.3) is 0 Å². The van der Waals surface area contributed by atoms with Gasteiger partial charge in [-0.25, -0.2) is 0 Å². The molecule has 2 N–H and O–H groups in total. The van der Waals surface area contributed by atoms with Crippen LogP contribution in [0.15, 0.2) is 53.4 Å². The molecular formula is C18H20N2O2S. The second kappa shape index (κ2) is 8.39. The van der Waals surface area contributed by atoms with E-state index in [0.717, 1.165) is 11.3 Å². The van der Waals surface area contributed by atoms with E-state index in [1.54, 1.807) is 36.0 Å². The maximum Gasteiger partial charge on any atom is 0.251 e. The van der Waals surface area contributed by atoms with Crippen LogP contribution in [0.5, 0.6) is 0 Å². The third-order valence-corrected chi connectivity index (χ3v) is 4.05. The Morgan fingerprint density at radius 1 is 1.00 bits per heavy atom. The first-order valence-electron chi connectivity index (χ1n) is 7.46. The van der Waals surface area contributed by atoms with Gasteiger partial charge in [0.15, 0.2) is 0 Å². The van der Waals surface area contributed by atoms with Gasteiger partial charge in [0.2, 0.25) is 5.91 Å². The number of rotatable bonds is 6. The van der Waals surface area contributed by atoms with E-state index in [9.17, 15) is 9.59 Å². The highest BCUT2D eigenvalue weighted by Gasteiger charge is 2.05. The van der Waals surface area contributed by atoms with Crippen molar-refractivity contribution in [2.24, 2.45) is 0 Å². The summed E-state index contributed by atoms with van der Waals surface area (Å²) in [5.41, 5.74) is 2.31. The second-order valence-electron chi connectivity index (χ2n) is 5.02. The van der Waals surface area contributed by atoms with Crippen molar-refractivity contribution in [2.75, 3.05) is 11.1 Å². The Morgan fingerprint density at radius 2 is 1.65 bits per heavy atom. The van der Waals surface area contributed by atoms with Gasteiger partial charge >= 0.3 is 0 Å². The molecule has 0 saturated carbocycles. The van der Waals surface area contributed by atoms with Gasteiger partial charge in [-0.05, 0) is 47.7 Å². The summed E-state index contributed by atoms with van der Waals surface area (Å²) in [7, 11) is 0. The average Bonchev–Trinajstić information content (AvgIpc) is 2.54. The van der Waals surface area contributed by atoms with Gasteiger partial charge in [-0.3, -0.25) is 9.59 Å². The van der Waals surface area contributed by atoms with Crippen LogP contribution in [0.3, 0.4) is 0 Å². The van der Waals surface area contributed by atoms with E-state index in [2.05, 4.69) is 29.7 Å². The molecule has 23 heavy (non-hydrogen) atoms. The lowest BCUT2D eigenvalue weighted by Gasteiger charge is -2.07. The molecular weight excluding hydrogens is 308 g/mol. The predicted octanol–water partition coefficient (Wildman–Crippen LogP) is 3.69. The number of thioether (sulfide) groups is 1. The van der Waals surface area contributed by atoms with Crippen molar-refractivity contribution in [2.45, 2.75) is 25.3 Å². The first-order valence-corrected chi connectivity index (χ1v) is 8.44. The van der Waals surface area contributed by atoms with Crippen LogP contribution in [0, 0.1) is 0 Å². The highest BCUT2D eigenvalue weighted by Crippen LogP contribution is 2.17. The van der Waals surface area contributed by atoms with Gasteiger partial charge in [-0.15, -0.1) is 11.8 Å². The van der Waals surface area contributed by atoms with Crippen molar-refractivity contribution in [3.05, 3.63) is 59.7 Å². The molecule has 0 atom stereocenters. The van der Waals surface area contributed by atoms with Crippen molar-refractivity contribution < 1.29 is 9.59 Å². The van der Waals surface area contributed by atoms with E-state index in [0.29, 0.717) is 17.8 Å². The van der Waals surface area contributed by atoms with E-state index in [4.69, 9.17) is 0 Å². The number of hydrogen-bond acceptors (Lipinski definition) is 3. The first-order chi connectivity index (χ1) is 11.1. The predicted molar refractivity (Wildman–Crippen MR) is 94.8 cm³/mol. The topological polar surface area (TPSA) is 58.2 Å². The van der Waals surface area contributed by atoms with E-state index >= 15 is 0 Å². The minimum absolute atomic E-state index is 0.133. The molecule has 0 saturated heterocycles. The molecule has 0 heterocycles. The lowest BCUT2D eigenvalue weighted by molar-refractivity contribution is -0.114. The van der Waals surface area contributed by atoms with Crippen LogP contribution >= 0.6 is 11.8 Å². The Kier molecular flexibility index (Phi) is 6.23. The Hall–Kier alpha value is -2.27. The van der Waals surface area contributed by atoms with Crippen molar-refractivity contribution >= 4 is 29.3 Å². The Balaban J connectivity index is 1.90. The molecule has 0 radical (unpaired) electrons. The van der Waals surface area contributed by atoms with Crippen molar-refractivity contribution in [1.82, 2.24) is 5.32 Å². The van der Waals surface area contributed by atoms with Gasteiger partial charge in [0.25, 0.3) is 5.91 Å². The molecule has 0 aliphatic rings. The SMILES string of the molecule is CCSc1ccc(CNC(=O)c2ccc(NC(C)=O)cc2)cc1. The second-order valence-corrected chi connectivity index (χ2v) is 6.36. The van der Waals surface area contributed by atoms with E-state index in [-0.39, 0.29) is 11.8 Å². The Bertz CT molecular complexity index is 666. The average molecular weight is 328 g/mol. The van der Waals surface area contributed by atoms with Gasteiger partial charge in [0.1, 0.15) is 0 Å². The highest BCUT2D eigenvalue weighted by atomic mass is 32.2. The van der Waals surface area contributed by atoms with Crippen LogP contribution in [0.4, 0.5) is 5.69 Å². The molecule has 4 nitrogen and oxygen atoms in total. The first kappa shape index (κ1) is 17.1. The fraction of sp³-hybridized carbons (Fsp3) is 0.222. The van der Waals surface area contributed by atoms with Crippen LogP contribution < -0.4 is 10.6 Å². The van der Waals surface area contributed by atoms with Gasteiger partial charge in [-0.1, -0.05) is 19.1 Å². The molecule has 2 rings (SSSR count). The monoisotopic (exact) mass is 328 g/mol. The molecule has 2 amide bonds. The van der Waals surface area contributed by atoms with Crippen LogP contribution in [-0.2, 0) is 11.3 Å². The molecule has 0 fully saturated rings. The lowest BCUT2D eigenvalue weighted by atomic mass is 10.1. The fourth-order valence-corrected chi connectivity index (χ4v) is 2.72. The van der Waals surface area contributed by atoms with Crippen molar-refractivity contribution in [1.29, 1.82) is 0 Å². The summed E-state index contributed by atoms with van der Waals surface area (Å²) in [4.78, 5) is 24.3. The van der Waals surface area contributed by atoms with Gasteiger partial charge in [0, 0.05) is 29.6 Å². The summed E-state index contributed by atoms with van der Waals surface area (Å²) in [6.45, 7) is 4.06. The van der Waals surface area contributed by atoms with E-state index in [1.807, 2.05) is 12.1 Å². The largest absolute Gasteiger partial charge is 0.348 e. The summed E-state index contributed by atoms with van der Waals surface area (Å²) in [6, 6.07) is 15.0. The number of amides is 2. The number of hydrogen-bond donors (Lipinski definition) is 2. The molecule has 0 unspecified atom stereocenters. The van der Waals surface area contributed by atoms with Crippen LogP contribution in [0.2, 0.25) is 0 Å². The smallest absolute Gasteiger partial charge is 0.251 e. The minimum Gasteiger partial charge on any atom is -0.348 e. The summed E-state index contributed by atoms with van der Waals surface area (Å²) in [5, 5.41) is 5.57. The molecule has 120 valence electrons. The lowest BCUT2D eigenvalue weighted by Crippen LogP contribution is -2.22. The Labute approximate surface area is 140 Å². The maximum atomic E-state index is 12.1. The third kappa shape index (κ3) is 5.45. The molecule has 0 aromatic heterocycles. The van der Waals surface area contributed by atoms with Crippen molar-refractivity contribution in [3.63, 3.8) is 0 Å². The molecule has 2 aromatic carbocycles. The minimum atomic E-state index is -0.133. The molecule has 0 aliphatic heterocycles. The fourth-order valence-electron chi connectivity index (χ4n) is 2.06. The molecule has 5 heteroatoms. The highest BCUT2D eigenvalue weighted by molar-refractivity contribution is 7.99. The Morgan fingerprint density at radius 3 is 2.22 bits per heavy atom. The van der Waals surface area contributed by atoms with Gasteiger partial charge in [-0.2, -0.15) is 0 Å². The zero-order valence-corrected chi connectivity index (χ0v) is 14.1. The number of carbonyl (C=O) groups is 2. The molecule has 0 bridgehead atoms. The number of carbonyl (C=O) groups excluding carboxylic acids is 2. The van der Waals surface area contributed by atoms with Gasteiger partial charge < -0.3 is 10.6 Å². The van der Waals surface area contributed by atoms with Crippen molar-refractivity contribution in [3.8, 4) is 0 Å². The van der Waals surface area contributed by atoms with E-state index in [1.165, 1.54) is 11.8 Å². The third-order valence-electron chi connectivity index (χ3n) is 3.15. The molecule has 0 aliphatic carbocycles. The number of anilines is 1. The normalized spacial score (nSPS) is 10.2. The van der Waals surface area contributed by atoms with E-state index < -0.39 is 0 Å². The summed E-state index contributed by atoms with van der Waals surface area (Å²) in [6.07, 6.45) is 0. The van der Waals surface area contributed by atoms with Crippen LogP contribution in [0.1, 0.15) is 29.8 Å². The molecule has 0 spiro atoms. The summed E-state index contributed by atoms with van der Waals surface area (Å²) < 4.78 is 0. The quantitative estimate of drug-likeness (QED) is 0.795. The standard InChI is InChI=1S/C18H20N2O2S/c1-3-23-17-10-4-14(5-11-17)12-19-18(22)15-6-8-16(9-7-15)20-13(2)21/h4-11H,3,12H2,1-2H3,(H,19,22)(H,20,21). The molecule has 2 aromatic rings.